The highest BCUT2D eigenvalue weighted by molar-refractivity contribution is 6.05. The van der Waals surface area contributed by atoms with Gasteiger partial charge < -0.3 is 19.7 Å². The molecule has 0 aromatic heterocycles. The fourth-order valence-corrected chi connectivity index (χ4v) is 3.69. The molecular formula is C30H38N4O5. The van der Waals surface area contributed by atoms with Crippen molar-refractivity contribution in [2.45, 2.75) is 66.5 Å². The molecule has 0 heterocycles. The van der Waals surface area contributed by atoms with E-state index in [2.05, 4.69) is 27.2 Å². The maximum Gasteiger partial charge on any atom is 0.413 e. The first kappa shape index (κ1) is 30.9. The quantitative estimate of drug-likeness (QED) is 0.152. The molecule has 2 rings (SSSR count). The smallest absolute Gasteiger partial charge is 0.413 e. The molecule has 3 N–H and O–H groups in total. The fourth-order valence-electron chi connectivity index (χ4n) is 3.69. The van der Waals surface area contributed by atoms with E-state index in [-0.39, 0.29) is 24.2 Å². The van der Waals surface area contributed by atoms with Gasteiger partial charge in [0, 0.05) is 28.5 Å². The van der Waals surface area contributed by atoms with Gasteiger partial charge in [0.15, 0.2) is 0 Å². The first-order valence-corrected chi connectivity index (χ1v) is 12.6. The van der Waals surface area contributed by atoms with E-state index in [1.165, 1.54) is 7.11 Å². The lowest BCUT2D eigenvalue weighted by Crippen LogP contribution is -2.38. The Morgan fingerprint density at radius 2 is 1.69 bits per heavy atom. The summed E-state index contributed by atoms with van der Waals surface area (Å²) in [6, 6.07) is 10.8. The molecule has 0 aliphatic heterocycles. The molecule has 0 saturated carbocycles. The second-order valence-corrected chi connectivity index (χ2v) is 10.3. The van der Waals surface area contributed by atoms with Crippen LogP contribution in [0, 0.1) is 31.1 Å². The number of anilines is 2. The summed E-state index contributed by atoms with van der Waals surface area (Å²) in [5.74, 6) is 5.35. The number of amidine groups is 1. The van der Waals surface area contributed by atoms with Gasteiger partial charge in [0.05, 0.1) is 13.7 Å². The molecule has 0 unspecified atom stereocenters. The van der Waals surface area contributed by atoms with Gasteiger partial charge in [0.2, 0.25) is 5.91 Å². The molecule has 2 aromatic carbocycles. The Morgan fingerprint density at radius 1 is 1.05 bits per heavy atom. The normalized spacial score (nSPS) is 10.7. The van der Waals surface area contributed by atoms with Crippen LogP contribution < -0.4 is 15.5 Å². The molecule has 0 atom stereocenters. The predicted molar refractivity (Wildman–Crippen MR) is 153 cm³/mol. The van der Waals surface area contributed by atoms with E-state index in [9.17, 15) is 14.4 Å². The number of alkyl carbamates (subject to hydrolysis) is 1. The number of carbonyl (C=O) groups excluding carboxylic acids is 3. The Morgan fingerprint density at radius 3 is 2.26 bits per heavy atom. The Labute approximate surface area is 230 Å². The predicted octanol–water partition coefficient (Wildman–Crippen LogP) is 4.92. The molecule has 2 aromatic rings. The molecule has 208 valence electrons. The fraction of sp³-hybridized carbons (Fsp3) is 0.400. The van der Waals surface area contributed by atoms with E-state index in [1.54, 1.807) is 49.9 Å². The molecule has 0 spiro atoms. The Balaban J connectivity index is 2.04. The summed E-state index contributed by atoms with van der Waals surface area (Å²) >= 11 is 0. The van der Waals surface area contributed by atoms with Gasteiger partial charge in [0.1, 0.15) is 17.9 Å². The van der Waals surface area contributed by atoms with Crippen molar-refractivity contribution in [2.75, 3.05) is 23.9 Å². The molecule has 0 fully saturated rings. The van der Waals surface area contributed by atoms with Gasteiger partial charge in [-0.3, -0.25) is 20.3 Å². The molecule has 0 saturated heterocycles. The average molecular weight is 535 g/mol. The van der Waals surface area contributed by atoms with E-state index in [1.807, 2.05) is 39.8 Å². The van der Waals surface area contributed by atoms with Crippen molar-refractivity contribution < 1.29 is 23.9 Å². The number of esters is 1. The van der Waals surface area contributed by atoms with Gasteiger partial charge >= 0.3 is 12.1 Å². The molecule has 0 bridgehead atoms. The van der Waals surface area contributed by atoms with Crippen LogP contribution in [0.5, 0.6) is 0 Å². The number of ether oxygens (including phenoxy) is 2. The molecule has 2 amide bonds. The molecule has 0 aliphatic rings. The lowest BCUT2D eigenvalue weighted by Gasteiger charge is -2.28. The zero-order valence-electron chi connectivity index (χ0n) is 23.9. The van der Waals surface area contributed by atoms with Gasteiger partial charge in [-0.15, -0.1) is 0 Å². The van der Waals surface area contributed by atoms with Crippen LogP contribution >= 0.6 is 0 Å². The molecular weight excluding hydrogens is 496 g/mol. The van der Waals surface area contributed by atoms with Gasteiger partial charge in [0.25, 0.3) is 0 Å². The second kappa shape index (κ2) is 13.5. The summed E-state index contributed by atoms with van der Waals surface area (Å²) in [4.78, 5) is 37.9. The van der Waals surface area contributed by atoms with E-state index < -0.39 is 17.7 Å². The number of amides is 2. The maximum absolute atomic E-state index is 12.8. The van der Waals surface area contributed by atoms with E-state index in [4.69, 9.17) is 10.1 Å². The lowest BCUT2D eigenvalue weighted by molar-refractivity contribution is -0.143. The number of nitrogens with one attached hydrogen (secondary N) is 3. The SMILES string of the molecule is COC(=O)CC(=O)N(c1cc(C)c(C#CCNc2ccc(C(=N)NC(=O)OC(C)(C)C)cc2)cc1C)C(C)C. The van der Waals surface area contributed by atoms with Gasteiger partial charge in [-0.25, -0.2) is 4.79 Å². The zero-order valence-corrected chi connectivity index (χ0v) is 23.9. The Bertz CT molecular complexity index is 1280. The molecule has 0 radical (unpaired) electrons. The van der Waals surface area contributed by atoms with Crippen molar-refractivity contribution in [1.82, 2.24) is 5.32 Å². The number of aryl methyl sites for hydroxylation is 2. The van der Waals surface area contributed by atoms with Crippen molar-refractivity contribution in [2.24, 2.45) is 0 Å². The number of hydrogen-bond acceptors (Lipinski definition) is 7. The van der Waals surface area contributed by atoms with E-state index in [0.29, 0.717) is 12.1 Å². The molecule has 9 heteroatoms. The third-order valence-corrected chi connectivity index (χ3v) is 5.51. The summed E-state index contributed by atoms with van der Waals surface area (Å²) in [5, 5.41) is 13.7. The Hall–Kier alpha value is -4.32. The van der Waals surface area contributed by atoms with Crippen LogP contribution in [-0.4, -0.2) is 49.1 Å². The highest BCUT2D eigenvalue weighted by atomic mass is 16.6. The van der Waals surface area contributed by atoms with E-state index >= 15 is 0 Å². The summed E-state index contributed by atoms with van der Waals surface area (Å²) in [5.41, 5.74) is 4.11. The summed E-state index contributed by atoms with van der Waals surface area (Å²) in [6.45, 7) is 13.3. The number of hydrogen-bond donors (Lipinski definition) is 3. The third kappa shape index (κ3) is 9.49. The second-order valence-electron chi connectivity index (χ2n) is 10.3. The molecule has 0 aliphatic carbocycles. The minimum Gasteiger partial charge on any atom is -0.469 e. The van der Waals surface area contributed by atoms with Crippen molar-refractivity contribution >= 4 is 35.2 Å². The monoisotopic (exact) mass is 534 g/mol. The third-order valence-electron chi connectivity index (χ3n) is 5.51. The number of methoxy groups -OCH3 is 1. The number of rotatable bonds is 7. The topological polar surface area (TPSA) is 121 Å². The summed E-state index contributed by atoms with van der Waals surface area (Å²) in [7, 11) is 1.26. The molecule has 9 nitrogen and oxygen atoms in total. The van der Waals surface area contributed by atoms with Crippen LogP contribution in [0.25, 0.3) is 0 Å². The highest BCUT2D eigenvalue weighted by Crippen LogP contribution is 2.27. The van der Waals surface area contributed by atoms with Crippen LogP contribution in [0.2, 0.25) is 0 Å². The maximum atomic E-state index is 12.8. The van der Waals surface area contributed by atoms with Gasteiger partial charge in [-0.05, 0) is 96.0 Å². The largest absolute Gasteiger partial charge is 0.469 e. The minimum atomic E-state index is -0.673. The highest BCUT2D eigenvalue weighted by Gasteiger charge is 2.24. The van der Waals surface area contributed by atoms with Crippen LogP contribution in [0.1, 0.15) is 63.3 Å². The van der Waals surface area contributed by atoms with Gasteiger partial charge in [-0.1, -0.05) is 11.8 Å². The number of nitrogens with zero attached hydrogens (tertiary/aromatic N) is 1. The molecule has 39 heavy (non-hydrogen) atoms. The van der Waals surface area contributed by atoms with Crippen molar-refractivity contribution in [1.29, 1.82) is 5.41 Å². The van der Waals surface area contributed by atoms with E-state index in [0.717, 1.165) is 28.1 Å². The van der Waals surface area contributed by atoms with Crippen molar-refractivity contribution in [3.63, 3.8) is 0 Å². The summed E-state index contributed by atoms with van der Waals surface area (Å²) in [6.07, 6.45) is -0.990. The zero-order chi connectivity index (χ0) is 29.3. The van der Waals surface area contributed by atoms with Crippen LogP contribution in [-0.2, 0) is 19.1 Å². The first-order valence-electron chi connectivity index (χ1n) is 12.6. The lowest BCUT2D eigenvalue weighted by atomic mass is 10.0. The Kier molecular flexibility index (Phi) is 10.7. The average Bonchev–Trinajstić information content (AvgIpc) is 2.83. The van der Waals surface area contributed by atoms with Crippen LogP contribution in [0.4, 0.5) is 16.2 Å². The number of benzene rings is 2. The minimum absolute atomic E-state index is 0.0482. The van der Waals surface area contributed by atoms with Gasteiger partial charge in [-0.2, -0.15) is 0 Å². The number of carbonyl (C=O) groups is 3. The van der Waals surface area contributed by atoms with Crippen LogP contribution in [0.3, 0.4) is 0 Å². The first-order chi connectivity index (χ1) is 18.2. The summed E-state index contributed by atoms with van der Waals surface area (Å²) < 4.78 is 9.83. The van der Waals surface area contributed by atoms with Crippen LogP contribution in [0.15, 0.2) is 36.4 Å². The van der Waals surface area contributed by atoms with Crippen molar-refractivity contribution in [3.05, 3.63) is 58.7 Å². The van der Waals surface area contributed by atoms with Crippen molar-refractivity contribution in [3.8, 4) is 11.8 Å². The standard InChI is InChI=1S/C30H38N4O5/c1-19(2)34(26(35)18-27(36)38-8)25-17-20(3)23(16-21(25)4)10-9-15-32-24-13-11-22(12-14-24)28(31)33-29(37)39-30(5,6)7/h11-14,16-17,19,32H,15,18H2,1-8H3,(H2,31,33,37).